The van der Waals surface area contributed by atoms with Crippen molar-refractivity contribution in [2.75, 3.05) is 16.6 Å². The normalized spacial score (nSPS) is 11.0. The van der Waals surface area contributed by atoms with E-state index in [1.807, 2.05) is 6.92 Å². The van der Waals surface area contributed by atoms with E-state index < -0.39 is 10.0 Å². The molecule has 6 nitrogen and oxygen atoms in total. The van der Waals surface area contributed by atoms with Crippen LogP contribution in [0.25, 0.3) is 0 Å². The van der Waals surface area contributed by atoms with Crippen LogP contribution in [0.3, 0.4) is 0 Å². The fourth-order valence-electron chi connectivity index (χ4n) is 2.67. The minimum Gasteiger partial charge on any atom is -0.494 e. The molecule has 0 heterocycles. The van der Waals surface area contributed by atoms with E-state index in [2.05, 4.69) is 10.0 Å². The van der Waals surface area contributed by atoms with Crippen LogP contribution >= 0.6 is 0 Å². The van der Waals surface area contributed by atoms with Crippen LogP contribution in [0.5, 0.6) is 5.75 Å². The van der Waals surface area contributed by atoms with Crippen molar-refractivity contribution in [2.24, 2.45) is 0 Å². The number of anilines is 2. The van der Waals surface area contributed by atoms with Gasteiger partial charge in [0.1, 0.15) is 5.75 Å². The van der Waals surface area contributed by atoms with E-state index >= 15 is 0 Å². The van der Waals surface area contributed by atoms with Gasteiger partial charge >= 0.3 is 0 Å². The Labute approximate surface area is 148 Å². The number of rotatable bonds is 6. The first-order chi connectivity index (χ1) is 11.7. The first-order valence-electron chi connectivity index (χ1n) is 7.87. The van der Waals surface area contributed by atoms with Crippen LogP contribution in [0.4, 0.5) is 11.4 Å². The molecule has 0 atom stereocenters. The first-order valence-corrected chi connectivity index (χ1v) is 9.35. The zero-order valence-corrected chi connectivity index (χ0v) is 15.5. The summed E-state index contributed by atoms with van der Waals surface area (Å²) in [6.45, 7) is 7.16. The van der Waals surface area contributed by atoms with Gasteiger partial charge < -0.3 is 10.1 Å². The van der Waals surface area contributed by atoms with Crippen LogP contribution in [0.2, 0.25) is 0 Å². The summed E-state index contributed by atoms with van der Waals surface area (Å²) in [5.74, 6) is 0.387. The number of carbonyl (C=O) groups excluding carboxylic acids is 1. The lowest BCUT2D eigenvalue weighted by Gasteiger charge is -2.15. The molecule has 0 saturated heterocycles. The fourth-order valence-corrected chi connectivity index (χ4v) is 4.18. The molecule has 0 aromatic heterocycles. The number of nitrogens with one attached hydrogen (secondary N) is 2. The second kappa shape index (κ2) is 7.57. The molecule has 0 saturated carbocycles. The van der Waals surface area contributed by atoms with Gasteiger partial charge in [-0.1, -0.05) is 6.07 Å². The Morgan fingerprint density at radius 1 is 1.08 bits per heavy atom. The lowest BCUT2D eigenvalue weighted by atomic mass is 10.1. The van der Waals surface area contributed by atoms with E-state index in [0.29, 0.717) is 34.9 Å². The van der Waals surface area contributed by atoms with Gasteiger partial charge in [-0.2, -0.15) is 0 Å². The monoisotopic (exact) mass is 362 g/mol. The van der Waals surface area contributed by atoms with Crippen molar-refractivity contribution in [3.63, 3.8) is 0 Å². The third kappa shape index (κ3) is 4.73. The highest BCUT2D eigenvalue weighted by atomic mass is 32.2. The highest BCUT2D eigenvalue weighted by Crippen LogP contribution is 2.27. The molecule has 0 bridgehead atoms. The SMILES string of the molecule is CCOc1cccc(NS(=O)(=O)c2c(C)cc(NC(C)=O)cc2C)c1. The minimum atomic E-state index is -3.77. The average Bonchev–Trinajstić information content (AvgIpc) is 2.45. The molecule has 7 heteroatoms. The smallest absolute Gasteiger partial charge is 0.262 e. The third-order valence-electron chi connectivity index (χ3n) is 3.45. The number of hydrogen-bond acceptors (Lipinski definition) is 4. The molecule has 25 heavy (non-hydrogen) atoms. The number of ether oxygens (including phenoxy) is 1. The highest BCUT2D eigenvalue weighted by molar-refractivity contribution is 7.92. The molecule has 2 aromatic rings. The molecule has 0 spiro atoms. The molecule has 0 radical (unpaired) electrons. The van der Waals surface area contributed by atoms with Crippen LogP contribution in [0.15, 0.2) is 41.3 Å². The number of carbonyl (C=O) groups is 1. The maximum absolute atomic E-state index is 12.8. The predicted molar refractivity (Wildman–Crippen MR) is 98.6 cm³/mol. The molecule has 1 amide bonds. The quantitative estimate of drug-likeness (QED) is 0.824. The van der Waals surface area contributed by atoms with Gasteiger partial charge in [0.25, 0.3) is 10.0 Å². The van der Waals surface area contributed by atoms with Crippen LogP contribution in [-0.2, 0) is 14.8 Å². The first kappa shape index (κ1) is 18.8. The summed E-state index contributed by atoms with van der Waals surface area (Å²) in [7, 11) is -3.77. The fraction of sp³-hybridized carbons (Fsp3) is 0.278. The van der Waals surface area contributed by atoms with E-state index in [0.717, 1.165) is 0 Å². The summed E-state index contributed by atoms with van der Waals surface area (Å²) in [4.78, 5) is 11.4. The summed E-state index contributed by atoms with van der Waals surface area (Å²) < 4.78 is 33.6. The van der Waals surface area contributed by atoms with E-state index in [4.69, 9.17) is 4.74 Å². The molecular weight excluding hydrogens is 340 g/mol. The summed E-state index contributed by atoms with van der Waals surface area (Å²) in [5.41, 5.74) is 2.10. The van der Waals surface area contributed by atoms with Gasteiger partial charge in [-0.15, -0.1) is 0 Å². The van der Waals surface area contributed by atoms with Gasteiger partial charge in [-0.3, -0.25) is 9.52 Å². The number of hydrogen-bond donors (Lipinski definition) is 2. The second-order valence-electron chi connectivity index (χ2n) is 5.69. The average molecular weight is 362 g/mol. The second-order valence-corrected chi connectivity index (χ2v) is 7.31. The van der Waals surface area contributed by atoms with Gasteiger partial charge in [-0.05, 0) is 56.2 Å². The molecule has 2 N–H and O–H groups in total. The number of aryl methyl sites for hydroxylation is 2. The Hall–Kier alpha value is -2.54. The Balaban J connectivity index is 2.36. The third-order valence-corrected chi connectivity index (χ3v) is 5.13. The van der Waals surface area contributed by atoms with Crippen molar-refractivity contribution in [3.05, 3.63) is 47.5 Å². The molecule has 0 aliphatic heterocycles. The summed E-state index contributed by atoms with van der Waals surface area (Å²) in [6.07, 6.45) is 0. The Bertz CT molecular complexity index is 869. The predicted octanol–water partition coefficient (Wildman–Crippen LogP) is 3.46. The lowest BCUT2D eigenvalue weighted by Crippen LogP contribution is -2.16. The van der Waals surface area contributed by atoms with Crippen LogP contribution in [0.1, 0.15) is 25.0 Å². The van der Waals surface area contributed by atoms with Crippen LogP contribution in [-0.4, -0.2) is 20.9 Å². The lowest BCUT2D eigenvalue weighted by molar-refractivity contribution is -0.114. The Morgan fingerprint density at radius 2 is 1.72 bits per heavy atom. The standard InChI is InChI=1S/C18H22N2O4S/c1-5-24-17-8-6-7-15(11-17)20-25(22,23)18-12(2)9-16(10-13(18)3)19-14(4)21/h6-11,20H,5H2,1-4H3,(H,19,21). The van der Waals surface area contributed by atoms with Gasteiger partial charge in [-0.25, -0.2) is 8.42 Å². The van der Waals surface area contributed by atoms with Crippen LogP contribution < -0.4 is 14.8 Å². The molecule has 134 valence electrons. The summed E-state index contributed by atoms with van der Waals surface area (Å²) in [5, 5.41) is 2.67. The minimum absolute atomic E-state index is 0.198. The number of benzene rings is 2. The zero-order valence-electron chi connectivity index (χ0n) is 14.7. The van der Waals surface area contributed by atoms with E-state index in [1.54, 1.807) is 50.2 Å². The Morgan fingerprint density at radius 3 is 2.28 bits per heavy atom. The molecule has 0 unspecified atom stereocenters. The summed E-state index contributed by atoms with van der Waals surface area (Å²) >= 11 is 0. The molecular formula is C18H22N2O4S. The molecule has 0 aliphatic rings. The number of amides is 1. The maximum Gasteiger partial charge on any atom is 0.262 e. The topological polar surface area (TPSA) is 84.5 Å². The van der Waals surface area contributed by atoms with E-state index in [1.165, 1.54) is 6.92 Å². The van der Waals surface area contributed by atoms with Crippen LogP contribution in [0, 0.1) is 13.8 Å². The van der Waals surface area contributed by atoms with E-state index in [9.17, 15) is 13.2 Å². The molecule has 2 aromatic carbocycles. The molecule has 0 fully saturated rings. The Kier molecular flexibility index (Phi) is 5.69. The van der Waals surface area contributed by atoms with Crippen molar-refractivity contribution in [2.45, 2.75) is 32.6 Å². The van der Waals surface area contributed by atoms with Crippen molar-refractivity contribution in [1.29, 1.82) is 0 Å². The van der Waals surface area contributed by atoms with Gasteiger partial charge in [0.15, 0.2) is 0 Å². The molecule has 0 aliphatic carbocycles. The van der Waals surface area contributed by atoms with Gasteiger partial charge in [0.05, 0.1) is 17.2 Å². The van der Waals surface area contributed by atoms with Gasteiger partial charge in [0, 0.05) is 18.7 Å². The largest absolute Gasteiger partial charge is 0.494 e. The summed E-state index contributed by atoms with van der Waals surface area (Å²) in [6, 6.07) is 10.1. The zero-order chi connectivity index (χ0) is 18.6. The van der Waals surface area contributed by atoms with Gasteiger partial charge in [0.2, 0.25) is 5.91 Å². The molecule has 2 rings (SSSR count). The van der Waals surface area contributed by atoms with Crippen molar-refractivity contribution < 1.29 is 17.9 Å². The van der Waals surface area contributed by atoms with E-state index in [-0.39, 0.29) is 10.8 Å². The number of sulfonamides is 1. The van der Waals surface area contributed by atoms with Crippen molar-refractivity contribution in [1.82, 2.24) is 0 Å². The van der Waals surface area contributed by atoms with Crippen molar-refractivity contribution in [3.8, 4) is 5.75 Å². The maximum atomic E-state index is 12.8. The van der Waals surface area contributed by atoms with Crippen molar-refractivity contribution >= 4 is 27.3 Å². The highest BCUT2D eigenvalue weighted by Gasteiger charge is 2.21.